The van der Waals surface area contributed by atoms with Crippen LogP contribution in [0.5, 0.6) is 0 Å². The number of amidine groups is 1. The van der Waals surface area contributed by atoms with Gasteiger partial charge in [-0.1, -0.05) is 30.0 Å². The average molecular weight is 269 g/mol. The highest BCUT2D eigenvalue weighted by Gasteiger charge is 2.15. The molecule has 0 aromatic heterocycles. The molecule has 0 unspecified atom stereocenters. The molecule has 0 atom stereocenters. The lowest BCUT2D eigenvalue weighted by molar-refractivity contribution is 0.601. The Labute approximate surface area is 104 Å². The van der Waals surface area contributed by atoms with E-state index in [9.17, 15) is 8.42 Å². The number of nitriles is 1. The molecule has 5 nitrogen and oxygen atoms in total. The van der Waals surface area contributed by atoms with Crippen LogP contribution in [0.25, 0.3) is 0 Å². The van der Waals surface area contributed by atoms with Gasteiger partial charge in [-0.2, -0.15) is 5.26 Å². The van der Waals surface area contributed by atoms with Gasteiger partial charge in [0, 0.05) is 7.05 Å². The molecular weight excluding hydrogens is 258 g/mol. The van der Waals surface area contributed by atoms with Gasteiger partial charge in [-0.15, -0.1) is 0 Å². The van der Waals surface area contributed by atoms with Gasteiger partial charge >= 0.3 is 0 Å². The monoisotopic (exact) mass is 269 g/mol. The Morgan fingerprint density at radius 2 is 2.12 bits per heavy atom. The lowest BCUT2D eigenvalue weighted by Crippen LogP contribution is -2.16. The number of benzene rings is 1. The summed E-state index contributed by atoms with van der Waals surface area (Å²) in [6.45, 7) is 0. The Morgan fingerprint density at radius 3 is 2.65 bits per heavy atom. The average Bonchev–Trinajstić information content (AvgIpc) is 2.35. The van der Waals surface area contributed by atoms with Gasteiger partial charge in [0.15, 0.2) is 21.2 Å². The van der Waals surface area contributed by atoms with Crippen molar-refractivity contribution in [2.24, 2.45) is 4.99 Å². The minimum absolute atomic E-state index is 0.154. The third kappa shape index (κ3) is 4.09. The third-order valence-corrected chi connectivity index (χ3v) is 5.08. The minimum atomic E-state index is -3.35. The van der Waals surface area contributed by atoms with E-state index in [0.717, 1.165) is 11.8 Å². The van der Waals surface area contributed by atoms with Crippen molar-refractivity contribution in [1.82, 2.24) is 5.32 Å². The van der Waals surface area contributed by atoms with E-state index in [4.69, 9.17) is 5.26 Å². The van der Waals surface area contributed by atoms with Crippen molar-refractivity contribution in [3.8, 4) is 6.19 Å². The van der Waals surface area contributed by atoms with Crippen LogP contribution in [0, 0.1) is 11.5 Å². The number of nitrogens with one attached hydrogen (secondary N) is 1. The Bertz CT molecular complexity index is 532. The first-order chi connectivity index (χ1) is 8.10. The second kappa shape index (κ2) is 6.27. The van der Waals surface area contributed by atoms with E-state index in [1.165, 1.54) is 19.2 Å². The molecular formula is C10H11N3O2S2. The first-order valence-corrected chi connectivity index (χ1v) is 7.26. The molecule has 17 heavy (non-hydrogen) atoms. The van der Waals surface area contributed by atoms with Gasteiger partial charge in [0.1, 0.15) is 5.08 Å². The molecule has 0 heterocycles. The van der Waals surface area contributed by atoms with E-state index in [0.29, 0.717) is 0 Å². The zero-order valence-electron chi connectivity index (χ0n) is 9.12. The molecule has 90 valence electrons. The van der Waals surface area contributed by atoms with E-state index >= 15 is 0 Å². The molecule has 1 rings (SSSR count). The number of aliphatic imine (C=N–C) groups is 1. The quantitative estimate of drug-likeness (QED) is 0.386. The predicted octanol–water partition coefficient (Wildman–Crippen LogP) is 1.21. The van der Waals surface area contributed by atoms with Gasteiger partial charge < -0.3 is 0 Å². The van der Waals surface area contributed by atoms with Crippen LogP contribution in [0.2, 0.25) is 0 Å². The SMILES string of the molecule is CN=C(NC#N)SCS(=O)(=O)c1ccccc1. The Kier molecular flexibility index (Phi) is 5.00. The van der Waals surface area contributed by atoms with Crippen LogP contribution in [0.3, 0.4) is 0 Å². The van der Waals surface area contributed by atoms with Crippen LogP contribution in [0.15, 0.2) is 40.2 Å². The van der Waals surface area contributed by atoms with Gasteiger partial charge in [0.25, 0.3) is 0 Å². The van der Waals surface area contributed by atoms with Crippen molar-refractivity contribution in [1.29, 1.82) is 5.26 Å². The maximum absolute atomic E-state index is 11.9. The number of thioether (sulfide) groups is 1. The smallest absolute Gasteiger partial charge is 0.188 e. The molecule has 7 heteroatoms. The van der Waals surface area contributed by atoms with Crippen molar-refractivity contribution in [2.75, 3.05) is 12.1 Å². The van der Waals surface area contributed by atoms with E-state index in [1.807, 2.05) is 0 Å². The molecule has 0 radical (unpaired) electrons. The Hall–Kier alpha value is -1.52. The number of sulfone groups is 1. The van der Waals surface area contributed by atoms with Crippen LogP contribution in [0.4, 0.5) is 0 Å². The highest BCUT2D eigenvalue weighted by molar-refractivity contribution is 8.21. The van der Waals surface area contributed by atoms with Crippen LogP contribution < -0.4 is 5.32 Å². The van der Waals surface area contributed by atoms with E-state index in [2.05, 4.69) is 10.3 Å². The molecule has 0 fully saturated rings. The Balaban J connectivity index is 2.73. The summed E-state index contributed by atoms with van der Waals surface area (Å²) in [5, 5.41) is 10.8. The van der Waals surface area contributed by atoms with Crippen molar-refractivity contribution in [3.63, 3.8) is 0 Å². The molecule has 0 amide bonds. The zero-order chi connectivity index (χ0) is 12.7. The Morgan fingerprint density at radius 1 is 1.47 bits per heavy atom. The van der Waals surface area contributed by atoms with E-state index in [-0.39, 0.29) is 15.1 Å². The first-order valence-electron chi connectivity index (χ1n) is 4.62. The number of rotatable bonds is 3. The first kappa shape index (κ1) is 13.5. The molecule has 1 aromatic carbocycles. The molecule has 0 saturated carbocycles. The van der Waals surface area contributed by atoms with Gasteiger partial charge in [-0.25, -0.2) is 8.42 Å². The summed E-state index contributed by atoms with van der Waals surface area (Å²) in [4.78, 5) is 4.02. The summed E-state index contributed by atoms with van der Waals surface area (Å²) in [7, 11) is -1.86. The van der Waals surface area contributed by atoms with Crippen LogP contribution in [0.1, 0.15) is 0 Å². The summed E-state index contributed by atoms with van der Waals surface area (Å²) in [5.74, 6) is 0. The van der Waals surface area contributed by atoms with Gasteiger partial charge in [0.2, 0.25) is 0 Å². The molecule has 0 saturated heterocycles. The zero-order valence-corrected chi connectivity index (χ0v) is 10.8. The van der Waals surface area contributed by atoms with Crippen molar-refractivity contribution < 1.29 is 8.42 Å². The van der Waals surface area contributed by atoms with E-state index in [1.54, 1.807) is 24.4 Å². The topological polar surface area (TPSA) is 82.3 Å². The largest absolute Gasteiger partial charge is 0.272 e. The molecule has 0 aliphatic rings. The van der Waals surface area contributed by atoms with Gasteiger partial charge in [0.05, 0.1) is 4.90 Å². The highest BCUT2D eigenvalue weighted by Crippen LogP contribution is 2.16. The normalized spacial score (nSPS) is 11.9. The third-order valence-electron chi connectivity index (χ3n) is 1.82. The van der Waals surface area contributed by atoms with Crippen molar-refractivity contribution >= 4 is 26.8 Å². The number of hydrogen-bond acceptors (Lipinski definition) is 5. The molecule has 0 aliphatic carbocycles. The van der Waals surface area contributed by atoms with Crippen molar-refractivity contribution in [2.45, 2.75) is 4.90 Å². The molecule has 1 aromatic rings. The number of nitrogens with zero attached hydrogens (tertiary/aromatic N) is 2. The second-order valence-corrected chi connectivity index (χ2v) is 6.27. The lowest BCUT2D eigenvalue weighted by Gasteiger charge is -2.04. The lowest BCUT2D eigenvalue weighted by atomic mass is 10.4. The highest BCUT2D eigenvalue weighted by atomic mass is 32.3. The van der Waals surface area contributed by atoms with Crippen LogP contribution in [-0.2, 0) is 9.84 Å². The summed E-state index contributed by atoms with van der Waals surface area (Å²) in [5.41, 5.74) is 0. The van der Waals surface area contributed by atoms with Gasteiger partial charge in [-0.3, -0.25) is 10.3 Å². The van der Waals surface area contributed by atoms with Gasteiger partial charge in [-0.05, 0) is 12.1 Å². The molecule has 1 N–H and O–H groups in total. The summed E-state index contributed by atoms with van der Waals surface area (Å²) in [6, 6.07) is 8.16. The molecule has 0 spiro atoms. The minimum Gasteiger partial charge on any atom is -0.272 e. The maximum atomic E-state index is 11.9. The van der Waals surface area contributed by atoms with Crippen molar-refractivity contribution in [3.05, 3.63) is 30.3 Å². The fourth-order valence-corrected chi connectivity index (χ4v) is 3.46. The second-order valence-electron chi connectivity index (χ2n) is 2.96. The molecule has 0 aliphatic heterocycles. The van der Waals surface area contributed by atoms with E-state index < -0.39 is 9.84 Å². The standard InChI is InChI=1S/C10H11N3O2S2/c1-12-10(13-7-11)16-8-17(14,15)9-5-3-2-4-6-9/h2-6H,8H2,1H3,(H,12,13). The fourth-order valence-electron chi connectivity index (χ4n) is 1.03. The fraction of sp³-hybridized carbons (Fsp3) is 0.200. The predicted molar refractivity (Wildman–Crippen MR) is 68.2 cm³/mol. The number of hydrogen-bond donors (Lipinski definition) is 1. The van der Waals surface area contributed by atoms with Crippen LogP contribution >= 0.6 is 11.8 Å². The summed E-state index contributed by atoms with van der Waals surface area (Å²) < 4.78 is 23.7. The molecule has 0 bridgehead atoms. The summed E-state index contributed by atoms with van der Waals surface area (Å²) in [6.07, 6.45) is 1.70. The summed E-state index contributed by atoms with van der Waals surface area (Å²) >= 11 is 0.976. The maximum Gasteiger partial charge on any atom is 0.188 e. The van der Waals surface area contributed by atoms with Crippen LogP contribution in [-0.4, -0.2) is 25.7 Å².